The number of hydrogen-bond donors (Lipinski definition) is 0. The summed E-state index contributed by atoms with van der Waals surface area (Å²) < 4.78 is 48.7. The van der Waals surface area contributed by atoms with E-state index in [-0.39, 0.29) is 18.8 Å². The summed E-state index contributed by atoms with van der Waals surface area (Å²) in [6, 6.07) is 5.83. The van der Waals surface area contributed by atoms with Gasteiger partial charge in [-0.15, -0.1) is 0 Å². The van der Waals surface area contributed by atoms with Crippen LogP contribution in [0.3, 0.4) is 0 Å². The van der Waals surface area contributed by atoms with Gasteiger partial charge in [0.2, 0.25) is 0 Å². The second-order valence-electron chi connectivity index (χ2n) is 6.77. The molecule has 1 rings (SSSR count). The Hall–Kier alpha value is -2.56. The van der Waals surface area contributed by atoms with Gasteiger partial charge in [-0.3, -0.25) is 9.59 Å². The molecule has 0 fully saturated rings. The van der Waals surface area contributed by atoms with E-state index in [1.165, 1.54) is 0 Å². The number of carbonyl (C=O) groups excluding carboxylic acids is 2. The second kappa shape index (κ2) is 11.4. The van der Waals surface area contributed by atoms with Crippen LogP contribution in [0.4, 0.5) is 13.2 Å². The molecule has 0 aliphatic rings. The maximum atomic E-state index is 12.9. The summed E-state index contributed by atoms with van der Waals surface area (Å²) in [5, 5.41) is 9.81. The highest BCUT2D eigenvalue weighted by Gasteiger charge is 2.40. The van der Waals surface area contributed by atoms with Crippen molar-refractivity contribution in [3.8, 4) is 6.07 Å². The van der Waals surface area contributed by atoms with E-state index in [0.717, 1.165) is 37.1 Å². The van der Waals surface area contributed by atoms with Crippen LogP contribution in [-0.4, -0.2) is 25.2 Å². The van der Waals surface area contributed by atoms with Crippen molar-refractivity contribution in [2.45, 2.75) is 64.0 Å². The van der Waals surface area contributed by atoms with Crippen LogP contribution < -0.4 is 0 Å². The van der Waals surface area contributed by atoms with Gasteiger partial charge < -0.3 is 9.47 Å². The van der Waals surface area contributed by atoms with E-state index in [1.807, 2.05) is 19.9 Å². The Morgan fingerprint density at radius 1 is 0.897 bits per heavy atom. The second-order valence-corrected chi connectivity index (χ2v) is 6.77. The van der Waals surface area contributed by atoms with Crippen LogP contribution >= 0.6 is 0 Å². The minimum atomic E-state index is -4.54. The molecular formula is C21H26F3NO4. The molecule has 0 aliphatic heterocycles. The van der Waals surface area contributed by atoms with Crippen molar-refractivity contribution in [3.05, 3.63) is 35.4 Å². The number of nitriles is 1. The SMILES string of the molecule is CCCCOC(=O)CC(C#N)(CC(=O)OCCCC)c1ccc(C(F)(F)F)cc1. The molecule has 0 atom stereocenters. The summed E-state index contributed by atoms with van der Waals surface area (Å²) in [7, 11) is 0. The molecule has 8 heteroatoms. The highest BCUT2D eigenvalue weighted by molar-refractivity contribution is 5.77. The fraction of sp³-hybridized carbons (Fsp3) is 0.571. The predicted molar refractivity (Wildman–Crippen MR) is 99.7 cm³/mol. The number of carbonyl (C=O) groups is 2. The van der Waals surface area contributed by atoms with Crippen molar-refractivity contribution in [1.29, 1.82) is 5.26 Å². The normalized spacial score (nSPS) is 11.6. The van der Waals surface area contributed by atoms with E-state index in [4.69, 9.17) is 9.47 Å². The van der Waals surface area contributed by atoms with Crippen molar-refractivity contribution >= 4 is 11.9 Å². The molecule has 0 bridgehead atoms. The topological polar surface area (TPSA) is 76.4 Å². The summed E-state index contributed by atoms with van der Waals surface area (Å²) in [6.45, 7) is 4.18. The first kappa shape index (κ1) is 24.5. The Labute approximate surface area is 168 Å². The number of benzene rings is 1. The lowest BCUT2D eigenvalue weighted by Crippen LogP contribution is -2.32. The van der Waals surface area contributed by atoms with Crippen LogP contribution in [0.1, 0.15) is 63.5 Å². The van der Waals surface area contributed by atoms with Gasteiger partial charge in [-0.05, 0) is 30.5 Å². The zero-order valence-electron chi connectivity index (χ0n) is 16.7. The minimum Gasteiger partial charge on any atom is -0.466 e. The van der Waals surface area contributed by atoms with Gasteiger partial charge >= 0.3 is 18.1 Å². The number of unbranched alkanes of at least 4 members (excludes halogenated alkanes) is 2. The zero-order chi connectivity index (χ0) is 21.9. The first-order valence-corrected chi connectivity index (χ1v) is 9.58. The lowest BCUT2D eigenvalue weighted by atomic mass is 9.76. The third-order valence-electron chi connectivity index (χ3n) is 4.39. The Bertz CT molecular complexity index is 684. The van der Waals surface area contributed by atoms with Crippen molar-refractivity contribution in [3.63, 3.8) is 0 Å². The number of rotatable bonds is 11. The maximum Gasteiger partial charge on any atom is 0.416 e. The monoisotopic (exact) mass is 413 g/mol. The fourth-order valence-electron chi connectivity index (χ4n) is 2.64. The molecule has 0 aromatic heterocycles. The van der Waals surface area contributed by atoms with Gasteiger partial charge in [0.25, 0.3) is 0 Å². The smallest absolute Gasteiger partial charge is 0.416 e. The fourth-order valence-corrected chi connectivity index (χ4v) is 2.64. The molecule has 1 aromatic carbocycles. The maximum absolute atomic E-state index is 12.9. The van der Waals surface area contributed by atoms with Crippen molar-refractivity contribution < 1.29 is 32.2 Å². The molecule has 0 spiro atoms. The summed E-state index contributed by atoms with van der Waals surface area (Å²) >= 11 is 0. The Kier molecular flexibility index (Phi) is 9.66. The number of esters is 2. The van der Waals surface area contributed by atoms with E-state index in [2.05, 4.69) is 0 Å². The molecule has 5 nitrogen and oxygen atoms in total. The number of alkyl halides is 3. The standard InChI is InChI=1S/C21H26F3NO4/c1-3-5-11-28-18(26)13-20(15-25,14-19(27)29-12-6-4-2)16-7-9-17(10-8-16)21(22,23)24/h7-10H,3-6,11-14H2,1-2H3. The highest BCUT2D eigenvalue weighted by atomic mass is 19.4. The lowest BCUT2D eigenvalue weighted by molar-refractivity contribution is -0.147. The molecule has 0 saturated heterocycles. The van der Waals surface area contributed by atoms with Crippen molar-refractivity contribution in [2.24, 2.45) is 0 Å². The molecule has 0 saturated carbocycles. The summed E-state index contributed by atoms with van der Waals surface area (Å²) in [4.78, 5) is 24.5. The number of nitrogens with zero attached hydrogens (tertiary/aromatic N) is 1. The Morgan fingerprint density at radius 2 is 1.31 bits per heavy atom. The van der Waals surface area contributed by atoms with E-state index < -0.39 is 41.9 Å². The van der Waals surface area contributed by atoms with Gasteiger partial charge in [0.1, 0.15) is 5.41 Å². The molecule has 0 amide bonds. The predicted octanol–water partition coefficient (Wildman–Crippen LogP) is 4.93. The Balaban J connectivity index is 3.12. The van der Waals surface area contributed by atoms with E-state index >= 15 is 0 Å². The molecule has 0 heterocycles. The van der Waals surface area contributed by atoms with Gasteiger partial charge in [-0.2, -0.15) is 18.4 Å². The van der Waals surface area contributed by atoms with Gasteiger partial charge in [-0.25, -0.2) is 0 Å². The Morgan fingerprint density at radius 3 is 1.66 bits per heavy atom. The van der Waals surface area contributed by atoms with E-state index in [1.54, 1.807) is 0 Å². The largest absolute Gasteiger partial charge is 0.466 e. The number of ether oxygens (including phenoxy) is 2. The number of halogens is 3. The molecule has 0 radical (unpaired) electrons. The van der Waals surface area contributed by atoms with Crippen molar-refractivity contribution in [1.82, 2.24) is 0 Å². The summed E-state index contributed by atoms with van der Waals surface area (Å²) in [6.07, 6.45) is -2.55. The van der Waals surface area contributed by atoms with Crippen LogP contribution in [-0.2, 0) is 30.7 Å². The first-order chi connectivity index (χ1) is 13.7. The third-order valence-corrected chi connectivity index (χ3v) is 4.39. The third kappa shape index (κ3) is 7.76. The molecule has 0 N–H and O–H groups in total. The van der Waals surface area contributed by atoms with E-state index in [9.17, 15) is 28.0 Å². The highest BCUT2D eigenvalue weighted by Crippen LogP contribution is 2.35. The summed E-state index contributed by atoms with van der Waals surface area (Å²) in [5.74, 6) is -1.39. The van der Waals surface area contributed by atoms with Gasteiger partial charge in [0, 0.05) is 0 Å². The molecular weight excluding hydrogens is 387 g/mol. The molecule has 0 unspecified atom stereocenters. The quantitative estimate of drug-likeness (QED) is 0.380. The summed E-state index contributed by atoms with van der Waals surface area (Å²) in [5.41, 5.74) is -2.42. The van der Waals surface area contributed by atoms with Gasteiger partial charge in [0.15, 0.2) is 0 Å². The lowest BCUT2D eigenvalue weighted by Gasteiger charge is -2.26. The molecule has 160 valence electrons. The molecule has 1 aromatic rings. The van der Waals surface area contributed by atoms with Crippen LogP contribution in [0.2, 0.25) is 0 Å². The van der Waals surface area contributed by atoms with Crippen LogP contribution in [0, 0.1) is 11.3 Å². The van der Waals surface area contributed by atoms with Crippen molar-refractivity contribution in [2.75, 3.05) is 13.2 Å². The van der Waals surface area contributed by atoms with E-state index in [0.29, 0.717) is 12.8 Å². The van der Waals surface area contributed by atoms with Gasteiger partial charge in [-0.1, -0.05) is 38.8 Å². The average Bonchev–Trinajstić information content (AvgIpc) is 2.67. The molecule has 0 aliphatic carbocycles. The van der Waals surface area contributed by atoms with Crippen LogP contribution in [0.25, 0.3) is 0 Å². The van der Waals surface area contributed by atoms with Crippen LogP contribution in [0.15, 0.2) is 24.3 Å². The van der Waals surface area contributed by atoms with Crippen LogP contribution in [0.5, 0.6) is 0 Å². The van der Waals surface area contributed by atoms with Gasteiger partial charge in [0.05, 0.1) is 37.7 Å². The first-order valence-electron chi connectivity index (χ1n) is 9.58. The molecule has 29 heavy (non-hydrogen) atoms. The number of hydrogen-bond acceptors (Lipinski definition) is 5. The minimum absolute atomic E-state index is 0.132. The average molecular weight is 413 g/mol. The zero-order valence-corrected chi connectivity index (χ0v) is 16.7.